The van der Waals surface area contributed by atoms with Gasteiger partial charge in [0.05, 0.1) is 5.56 Å². The first-order valence-corrected chi connectivity index (χ1v) is 6.22. The Kier molecular flexibility index (Phi) is 3.79. The third kappa shape index (κ3) is 2.86. The largest absolute Gasteiger partial charge is 0.478 e. The molecule has 1 saturated heterocycles. The number of hydrogen-bond acceptors (Lipinski definition) is 2. The Balaban J connectivity index is 2.07. The summed E-state index contributed by atoms with van der Waals surface area (Å²) in [5, 5.41) is 12.3. The van der Waals surface area contributed by atoms with Gasteiger partial charge in [-0.25, -0.2) is 4.79 Å². The van der Waals surface area contributed by atoms with Gasteiger partial charge in [-0.2, -0.15) is 0 Å². The molecule has 0 aliphatic carbocycles. The van der Waals surface area contributed by atoms with Gasteiger partial charge in [-0.15, -0.1) is 0 Å². The van der Waals surface area contributed by atoms with E-state index >= 15 is 0 Å². The van der Waals surface area contributed by atoms with Crippen LogP contribution in [0.5, 0.6) is 0 Å². The van der Waals surface area contributed by atoms with Crippen molar-refractivity contribution in [3.63, 3.8) is 0 Å². The number of piperidine rings is 1. The average molecular weight is 233 g/mol. The van der Waals surface area contributed by atoms with Crippen molar-refractivity contribution in [2.75, 3.05) is 13.1 Å². The maximum absolute atomic E-state index is 10.8. The molecule has 1 aliphatic rings. The Hall–Kier alpha value is -1.35. The number of benzene rings is 1. The van der Waals surface area contributed by atoms with Crippen molar-refractivity contribution < 1.29 is 9.90 Å². The topological polar surface area (TPSA) is 49.3 Å². The molecule has 17 heavy (non-hydrogen) atoms. The van der Waals surface area contributed by atoms with Gasteiger partial charge in [-0.1, -0.05) is 19.1 Å². The summed E-state index contributed by atoms with van der Waals surface area (Å²) in [6.07, 6.45) is 2.50. The highest BCUT2D eigenvalue weighted by atomic mass is 16.4. The van der Waals surface area contributed by atoms with Gasteiger partial charge in [0, 0.05) is 0 Å². The fraction of sp³-hybridized carbons (Fsp3) is 0.500. The molecule has 1 aliphatic heterocycles. The lowest BCUT2D eigenvalue weighted by atomic mass is 9.83. The minimum atomic E-state index is -0.858. The molecule has 0 aromatic heterocycles. The molecule has 0 spiro atoms. The van der Waals surface area contributed by atoms with E-state index in [0.717, 1.165) is 13.1 Å². The summed E-state index contributed by atoms with van der Waals surface area (Å²) in [4.78, 5) is 10.8. The minimum absolute atomic E-state index is 0.364. The first-order chi connectivity index (χ1) is 8.18. The van der Waals surface area contributed by atoms with E-state index in [0.29, 0.717) is 17.4 Å². The summed E-state index contributed by atoms with van der Waals surface area (Å²) >= 11 is 0. The number of carbonyl (C=O) groups is 1. The molecule has 2 unspecified atom stereocenters. The predicted octanol–water partition coefficient (Wildman–Crippen LogP) is 2.49. The van der Waals surface area contributed by atoms with Crippen LogP contribution in [0.1, 0.15) is 41.6 Å². The lowest BCUT2D eigenvalue weighted by molar-refractivity contribution is 0.0697. The average Bonchev–Trinajstić information content (AvgIpc) is 2.39. The minimum Gasteiger partial charge on any atom is -0.478 e. The fourth-order valence-corrected chi connectivity index (χ4v) is 2.51. The third-order valence-electron chi connectivity index (χ3n) is 3.73. The highest BCUT2D eigenvalue weighted by Crippen LogP contribution is 2.29. The van der Waals surface area contributed by atoms with Crippen molar-refractivity contribution in [2.45, 2.75) is 25.7 Å². The lowest BCUT2D eigenvalue weighted by Gasteiger charge is -2.28. The second-order valence-electron chi connectivity index (χ2n) is 4.82. The Labute approximate surface area is 102 Å². The second kappa shape index (κ2) is 5.32. The van der Waals surface area contributed by atoms with E-state index in [1.807, 2.05) is 12.1 Å². The number of aromatic carboxylic acids is 1. The molecule has 1 fully saturated rings. The zero-order chi connectivity index (χ0) is 12.3. The molecule has 1 heterocycles. The molecule has 0 radical (unpaired) electrons. The molecule has 2 atom stereocenters. The molecule has 0 bridgehead atoms. The molecule has 1 aromatic rings. The number of rotatable bonds is 3. The molecule has 0 saturated carbocycles. The van der Waals surface area contributed by atoms with Crippen LogP contribution >= 0.6 is 0 Å². The van der Waals surface area contributed by atoms with E-state index in [2.05, 4.69) is 12.2 Å². The van der Waals surface area contributed by atoms with Crippen LogP contribution in [-0.2, 0) is 0 Å². The maximum atomic E-state index is 10.8. The summed E-state index contributed by atoms with van der Waals surface area (Å²) in [5.41, 5.74) is 1.60. The Morgan fingerprint density at radius 1 is 1.41 bits per heavy atom. The van der Waals surface area contributed by atoms with Gasteiger partial charge in [-0.05, 0) is 55.5 Å². The van der Waals surface area contributed by atoms with Crippen LogP contribution in [0.3, 0.4) is 0 Å². The second-order valence-corrected chi connectivity index (χ2v) is 4.82. The normalized spacial score (nSPS) is 22.1. The summed E-state index contributed by atoms with van der Waals surface area (Å²) in [6, 6.07) is 7.29. The van der Waals surface area contributed by atoms with Crippen molar-refractivity contribution >= 4 is 5.97 Å². The maximum Gasteiger partial charge on any atom is 0.335 e. The number of carboxylic acid groups (broad SMARTS) is 1. The Morgan fingerprint density at radius 3 is 2.65 bits per heavy atom. The van der Waals surface area contributed by atoms with Gasteiger partial charge < -0.3 is 10.4 Å². The van der Waals surface area contributed by atoms with E-state index in [-0.39, 0.29) is 0 Å². The van der Waals surface area contributed by atoms with Gasteiger partial charge in [0.2, 0.25) is 0 Å². The van der Waals surface area contributed by atoms with E-state index in [1.54, 1.807) is 12.1 Å². The molecular weight excluding hydrogens is 214 g/mol. The Morgan fingerprint density at radius 2 is 2.12 bits per heavy atom. The lowest BCUT2D eigenvalue weighted by Crippen LogP contribution is -2.32. The monoisotopic (exact) mass is 233 g/mol. The quantitative estimate of drug-likeness (QED) is 0.843. The molecule has 1 aromatic carbocycles. The molecule has 0 amide bonds. The Bertz CT molecular complexity index is 380. The van der Waals surface area contributed by atoms with E-state index in [9.17, 15) is 4.79 Å². The SMILES string of the molecule is CC(c1ccc(C(=O)O)cc1)C1CCCNC1. The summed E-state index contributed by atoms with van der Waals surface area (Å²) in [6.45, 7) is 4.43. The standard InChI is InChI=1S/C14H19NO2/c1-10(13-3-2-8-15-9-13)11-4-6-12(7-5-11)14(16)17/h4-7,10,13,15H,2-3,8-9H2,1H3,(H,16,17). The molecule has 3 nitrogen and oxygen atoms in total. The smallest absolute Gasteiger partial charge is 0.335 e. The fourth-order valence-electron chi connectivity index (χ4n) is 2.51. The third-order valence-corrected chi connectivity index (χ3v) is 3.73. The first kappa shape index (κ1) is 12.1. The highest BCUT2D eigenvalue weighted by molar-refractivity contribution is 5.87. The number of carboxylic acids is 1. The van der Waals surface area contributed by atoms with Gasteiger partial charge >= 0.3 is 5.97 Å². The highest BCUT2D eigenvalue weighted by Gasteiger charge is 2.21. The van der Waals surface area contributed by atoms with E-state index < -0.39 is 5.97 Å². The number of nitrogens with one attached hydrogen (secondary N) is 1. The zero-order valence-corrected chi connectivity index (χ0v) is 10.1. The summed E-state index contributed by atoms with van der Waals surface area (Å²) in [5.74, 6) is 0.300. The van der Waals surface area contributed by atoms with Crippen LogP contribution in [0.25, 0.3) is 0 Å². The van der Waals surface area contributed by atoms with Crippen LogP contribution in [0.15, 0.2) is 24.3 Å². The van der Waals surface area contributed by atoms with Crippen LogP contribution in [0.2, 0.25) is 0 Å². The summed E-state index contributed by atoms with van der Waals surface area (Å²) in [7, 11) is 0. The van der Waals surface area contributed by atoms with Crippen LogP contribution in [0, 0.1) is 5.92 Å². The van der Waals surface area contributed by atoms with E-state index in [1.165, 1.54) is 18.4 Å². The molecule has 2 rings (SSSR count). The van der Waals surface area contributed by atoms with Gasteiger partial charge in [-0.3, -0.25) is 0 Å². The summed E-state index contributed by atoms with van der Waals surface area (Å²) < 4.78 is 0. The van der Waals surface area contributed by atoms with Crippen LogP contribution in [0.4, 0.5) is 0 Å². The van der Waals surface area contributed by atoms with Crippen molar-refractivity contribution in [1.82, 2.24) is 5.32 Å². The van der Waals surface area contributed by atoms with Crippen molar-refractivity contribution in [3.05, 3.63) is 35.4 Å². The molecule has 2 N–H and O–H groups in total. The van der Waals surface area contributed by atoms with E-state index in [4.69, 9.17) is 5.11 Å². The van der Waals surface area contributed by atoms with Crippen LogP contribution < -0.4 is 5.32 Å². The van der Waals surface area contributed by atoms with Gasteiger partial charge in [0.25, 0.3) is 0 Å². The predicted molar refractivity (Wildman–Crippen MR) is 67.4 cm³/mol. The van der Waals surface area contributed by atoms with Crippen molar-refractivity contribution in [1.29, 1.82) is 0 Å². The molecule has 3 heteroatoms. The van der Waals surface area contributed by atoms with Crippen LogP contribution in [-0.4, -0.2) is 24.2 Å². The zero-order valence-electron chi connectivity index (χ0n) is 10.1. The molecule has 92 valence electrons. The van der Waals surface area contributed by atoms with Crippen molar-refractivity contribution in [2.24, 2.45) is 5.92 Å². The van der Waals surface area contributed by atoms with Gasteiger partial charge in [0.1, 0.15) is 0 Å². The first-order valence-electron chi connectivity index (χ1n) is 6.22. The van der Waals surface area contributed by atoms with Gasteiger partial charge in [0.15, 0.2) is 0 Å². The number of hydrogen-bond donors (Lipinski definition) is 2. The van der Waals surface area contributed by atoms with Crippen molar-refractivity contribution in [3.8, 4) is 0 Å². The molecular formula is C14H19NO2.